The Kier molecular flexibility index (Phi) is 4.03. The fourth-order valence-corrected chi connectivity index (χ4v) is 1.25. The van der Waals surface area contributed by atoms with Crippen LogP contribution in [-0.2, 0) is 9.53 Å². The van der Waals surface area contributed by atoms with Crippen molar-refractivity contribution in [3.8, 4) is 0 Å². The van der Waals surface area contributed by atoms with E-state index in [0.717, 1.165) is 11.1 Å². The Morgan fingerprint density at radius 1 is 1.40 bits per heavy atom. The van der Waals surface area contributed by atoms with Gasteiger partial charge in [0.2, 0.25) is 0 Å². The van der Waals surface area contributed by atoms with Gasteiger partial charge in [0.15, 0.2) is 0 Å². The van der Waals surface area contributed by atoms with Crippen LogP contribution in [0.1, 0.15) is 18.9 Å². The van der Waals surface area contributed by atoms with Gasteiger partial charge in [0.1, 0.15) is 5.82 Å². The lowest BCUT2D eigenvalue weighted by molar-refractivity contribution is -0.134. The molecule has 1 rings (SSSR count). The number of esters is 1. The number of allylic oxidation sites excluding steroid dienone is 1. The van der Waals surface area contributed by atoms with Gasteiger partial charge >= 0.3 is 5.97 Å². The molecule has 0 amide bonds. The minimum Gasteiger partial charge on any atom is -0.466 e. The highest BCUT2D eigenvalue weighted by Crippen LogP contribution is 2.18. The predicted molar refractivity (Wildman–Crippen MR) is 56.7 cm³/mol. The molecular formula is C12H13FO2. The summed E-state index contributed by atoms with van der Waals surface area (Å²) >= 11 is 0. The van der Waals surface area contributed by atoms with E-state index in [1.54, 1.807) is 12.1 Å². The SMILES string of the molecule is CC/C(=C/C(=O)OC)c1ccc(F)cc1. The van der Waals surface area contributed by atoms with Gasteiger partial charge < -0.3 is 4.74 Å². The Morgan fingerprint density at radius 3 is 2.47 bits per heavy atom. The number of carbonyl (C=O) groups excluding carboxylic acids is 1. The topological polar surface area (TPSA) is 26.3 Å². The van der Waals surface area contributed by atoms with Crippen LogP contribution in [0.2, 0.25) is 0 Å². The molecule has 1 aromatic rings. The van der Waals surface area contributed by atoms with E-state index in [0.29, 0.717) is 6.42 Å². The summed E-state index contributed by atoms with van der Waals surface area (Å²) in [4.78, 5) is 11.0. The zero-order valence-electron chi connectivity index (χ0n) is 8.79. The number of benzene rings is 1. The van der Waals surface area contributed by atoms with E-state index in [1.807, 2.05) is 6.92 Å². The fourth-order valence-electron chi connectivity index (χ4n) is 1.25. The van der Waals surface area contributed by atoms with Gasteiger partial charge in [0, 0.05) is 6.08 Å². The highest BCUT2D eigenvalue weighted by atomic mass is 19.1. The van der Waals surface area contributed by atoms with Crippen molar-refractivity contribution in [2.75, 3.05) is 7.11 Å². The van der Waals surface area contributed by atoms with Gasteiger partial charge in [-0.1, -0.05) is 19.1 Å². The van der Waals surface area contributed by atoms with Gasteiger partial charge in [-0.3, -0.25) is 0 Å². The predicted octanol–water partition coefficient (Wildman–Crippen LogP) is 2.79. The molecule has 0 spiro atoms. The standard InChI is InChI=1S/C12H13FO2/c1-3-9(8-12(14)15-2)10-4-6-11(13)7-5-10/h4-8H,3H2,1-2H3/b9-8-. The number of hydrogen-bond donors (Lipinski definition) is 0. The van der Waals surface area contributed by atoms with Crippen LogP contribution in [0.25, 0.3) is 5.57 Å². The smallest absolute Gasteiger partial charge is 0.330 e. The van der Waals surface area contributed by atoms with E-state index >= 15 is 0 Å². The summed E-state index contributed by atoms with van der Waals surface area (Å²) in [5.41, 5.74) is 1.67. The van der Waals surface area contributed by atoms with Crippen molar-refractivity contribution in [2.24, 2.45) is 0 Å². The molecule has 2 nitrogen and oxygen atoms in total. The second-order valence-corrected chi connectivity index (χ2v) is 3.05. The molecule has 80 valence electrons. The van der Waals surface area contributed by atoms with Crippen LogP contribution in [0.3, 0.4) is 0 Å². The fraction of sp³-hybridized carbons (Fsp3) is 0.250. The highest BCUT2D eigenvalue weighted by Gasteiger charge is 2.03. The first kappa shape index (κ1) is 11.4. The van der Waals surface area contributed by atoms with Crippen LogP contribution in [0.15, 0.2) is 30.3 Å². The maximum absolute atomic E-state index is 12.7. The minimum atomic E-state index is -0.392. The van der Waals surface area contributed by atoms with Gasteiger partial charge in [-0.2, -0.15) is 0 Å². The number of rotatable bonds is 3. The molecule has 15 heavy (non-hydrogen) atoms. The number of halogens is 1. The molecule has 3 heteroatoms. The van der Waals surface area contributed by atoms with Crippen LogP contribution in [-0.4, -0.2) is 13.1 Å². The third-order valence-corrected chi connectivity index (χ3v) is 2.09. The van der Waals surface area contributed by atoms with Crippen LogP contribution in [0.5, 0.6) is 0 Å². The average molecular weight is 208 g/mol. The van der Waals surface area contributed by atoms with Gasteiger partial charge in [0.05, 0.1) is 7.11 Å². The molecule has 0 unspecified atom stereocenters. The number of ether oxygens (including phenoxy) is 1. The first-order valence-electron chi connectivity index (χ1n) is 4.71. The van der Waals surface area contributed by atoms with Crippen molar-refractivity contribution in [1.29, 1.82) is 0 Å². The summed E-state index contributed by atoms with van der Waals surface area (Å²) in [6, 6.07) is 6.04. The zero-order chi connectivity index (χ0) is 11.3. The molecule has 0 atom stereocenters. The molecule has 0 aromatic heterocycles. The summed E-state index contributed by atoms with van der Waals surface area (Å²) < 4.78 is 17.2. The summed E-state index contributed by atoms with van der Waals surface area (Å²) in [7, 11) is 1.33. The summed E-state index contributed by atoms with van der Waals surface area (Å²) in [6.07, 6.45) is 2.12. The Morgan fingerprint density at radius 2 is 2.00 bits per heavy atom. The van der Waals surface area contributed by atoms with Gasteiger partial charge in [-0.05, 0) is 29.7 Å². The second-order valence-electron chi connectivity index (χ2n) is 3.05. The van der Waals surface area contributed by atoms with Crippen LogP contribution in [0.4, 0.5) is 4.39 Å². The molecule has 0 aliphatic heterocycles. The van der Waals surface area contributed by atoms with Crippen LogP contribution >= 0.6 is 0 Å². The van der Waals surface area contributed by atoms with Gasteiger partial charge in [-0.25, -0.2) is 9.18 Å². The third kappa shape index (κ3) is 3.20. The molecule has 1 aromatic carbocycles. The first-order valence-corrected chi connectivity index (χ1v) is 4.71. The lowest BCUT2D eigenvalue weighted by Crippen LogP contribution is -1.96. The lowest BCUT2D eigenvalue weighted by Gasteiger charge is -2.04. The molecule has 0 bridgehead atoms. The van der Waals surface area contributed by atoms with E-state index < -0.39 is 5.97 Å². The molecule has 0 N–H and O–H groups in total. The Labute approximate surface area is 88.4 Å². The first-order chi connectivity index (χ1) is 7.17. The highest BCUT2D eigenvalue weighted by molar-refractivity contribution is 5.91. The van der Waals surface area contributed by atoms with E-state index in [4.69, 9.17) is 0 Å². The Bertz CT molecular complexity index is 366. The molecule has 0 saturated carbocycles. The Balaban J connectivity index is 2.97. The van der Waals surface area contributed by atoms with E-state index in [1.165, 1.54) is 25.3 Å². The van der Waals surface area contributed by atoms with Crippen molar-refractivity contribution in [2.45, 2.75) is 13.3 Å². The van der Waals surface area contributed by atoms with Crippen molar-refractivity contribution in [3.05, 3.63) is 41.7 Å². The Hall–Kier alpha value is -1.64. The van der Waals surface area contributed by atoms with Gasteiger partial charge in [0.25, 0.3) is 0 Å². The normalized spacial score (nSPS) is 11.3. The molecule has 0 aliphatic carbocycles. The zero-order valence-corrected chi connectivity index (χ0v) is 8.79. The molecule has 0 saturated heterocycles. The number of hydrogen-bond acceptors (Lipinski definition) is 2. The van der Waals surface area contributed by atoms with E-state index in [2.05, 4.69) is 4.74 Å². The largest absolute Gasteiger partial charge is 0.466 e. The molecule has 0 radical (unpaired) electrons. The monoisotopic (exact) mass is 208 g/mol. The summed E-state index contributed by atoms with van der Waals surface area (Å²) in [6.45, 7) is 1.93. The van der Waals surface area contributed by atoms with Crippen molar-refractivity contribution in [1.82, 2.24) is 0 Å². The van der Waals surface area contributed by atoms with Crippen LogP contribution in [0, 0.1) is 5.82 Å². The van der Waals surface area contributed by atoms with E-state index in [-0.39, 0.29) is 5.82 Å². The summed E-state index contributed by atoms with van der Waals surface area (Å²) in [5.74, 6) is -0.677. The van der Waals surface area contributed by atoms with Crippen molar-refractivity contribution < 1.29 is 13.9 Å². The average Bonchev–Trinajstić information content (AvgIpc) is 2.27. The quantitative estimate of drug-likeness (QED) is 0.564. The third-order valence-electron chi connectivity index (χ3n) is 2.09. The lowest BCUT2D eigenvalue weighted by atomic mass is 10.0. The number of methoxy groups -OCH3 is 1. The van der Waals surface area contributed by atoms with Crippen molar-refractivity contribution in [3.63, 3.8) is 0 Å². The molecule has 0 heterocycles. The molecule has 0 fully saturated rings. The maximum atomic E-state index is 12.7. The number of carbonyl (C=O) groups is 1. The maximum Gasteiger partial charge on any atom is 0.330 e. The van der Waals surface area contributed by atoms with Crippen molar-refractivity contribution >= 4 is 11.5 Å². The van der Waals surface area contributed by atoms with Gasteiger partial charge in [-0.15, -0.1) is 0 Å². The van der Waals surface area contributed by atoms with E-state index in [9.17, 15) is 9.18 Å². The second kappa shape index (κ2) is 5.29. The van der Waals surface area contributed by atoms with Crippen LogP contribution < -0.4 is 0 Å². The summed E-state index contributed by atoms with van der Waals surface area (Å²) in [5, 5.41) is 0. The molecular weight excluding hydrogens is 195 g/mol. The minimum absolute atomic E-state index is 0.285. The molecule has 0 aliphatic rings.